The van der Waals surface area contributed by atoms with Crippen LogP contribution in [0, 0.1) is 11.8 Å². The minimum absolute atomic E-state index is 0. The van der Waals surface area contributed by atoms with Crippen LogP contribution in [0.5, 0.6) is 0 Å². The third-order valence-corrected chi connectivity index (χ3v) is 4.28. The van der Waals surface area contributed by atoms with Crippen molar-refractivity contribution >= 4 is 18.3 Å². The van der Waals surface area contributed by atoms with Gasteiger partial charge in [0.1, 0.15) is 0 Å². The van der Waals surface area contributed by atoms with Crippen molar-refractivity contribution in [1.82, 2.24) is 15.1 Å². The fourth-order valence-electron chi connectivity index (χ4n) is 2.57. The lowest BCUT2D eigenvalue weighted by Gasteiger charge is -2.40. The predicted molar refractivity (Wildman–Crippen MR) is 90.8 cm³/mol. The van der Waals surface area contributed by atoms with Gasteiger partial charge < -0.3 is 16.0 Å². The van der Waals surface area contributed by atoms with Crippen LogP contribution in [0.4, 0.5) is 0 Å². The lowest BCUT2D eigenvalue weighted by Crippen LogP contribution is -2.55. The Morgan fingerprint density at radius 1 is 1.10 bits per heavy atom. The van der Waals surface area contributed by atoms with E-state index in [1.807, 2.05) is 13.8 Å². The Morgan fingerprint density at radius 2 is 1.62 bits per heavy atom. The molecule has 2 atom stereocenters. The topological polar surface area (TPSA) is 61.6 Å². The van der Waals surface area contributed by atoms with E-state index in [1.54, 1.807) is 0 Å². The smallest absolute Gasteiger partial charge is 0.237 e. The summed E-state index contributed by atoms with van der Waals surface area (Å²) in [5.41, 5.74) is 5.89. The number of piperazine rings is 1. The Labute approximate surface area is 136 Å². The quantitative estimate of drug-likeness (QED) is 0.759. The molecule has 1 fully saturated rings. The number of carbonyl (C=O) groups is 1. The molecule has 6 heteroatoms. The molecule has 1 unspecified atom stereocenters. The molecule has 21 heavy (non-hydrogen) atoms. The fourth-order valence-corrected chi connectivity index (χ4v) is 2.57. The maximum absolute atomic E-state index is 12.0. The van der Waals surface area contributed by atoms with E-state index in [1.165, 1.54) is 0 Å². The lowest BCUT2D eigenvalue weighted by atomic mass is 10.0. The molecule has 1 aliphatic rings. The summed E-state index contributed by atoms with van der Waals surface area (Å²) in [6, 6.07) is -0.0117. The molecule has 0 aromatic heterocycles. The Morgan fingerprint density at radius 3 is 2.05 bits per heavy atom. The molecule has 1 amide bonds. The maximum atomic E-state index is 12.0. The van der Waals surface area contributed by atoms with Gasteiger partial charge in [0.25, 0.3) is 0 Å². The summed E-state index contributed by atoms with van der Waals surface area (Å²) in [7, 11) is 2.16. The second-order valence-electron chi connectivity index (χ2n) is 6.67. The summed E-state index contributed by atoms with van der Waals surface area (Å²) in [5, 5.41) is 3.03. The number of halogens is 1. The van der Waals surface area contributed by atoms with E-state index in [0.29, 0.717) is 18.5 Å². The zero-order valence-corrected chi connectivity index (χ0v) is 14.9. The number of likely N-dealkylation sites (N-methyl/N-ethyl adjacent to an activating group) is 1. The molecule has 1 aliphatic heterocycles. The first kappa shape index (κ1) is 20.6. The molecule has 0 aromatic rings. The molecule has 1 rings (SSSR count). The first-order valence-electron chi connectivity index (χ1n) is 7.78. The Hall–Kier alpha value is -0.360. The van der Waals surface area contributed by atoms with E-state index in [0.717, 1.165) is 26.2 Å². The number of rotatable bonds is 6. The average molecular weight is 321 g/mol. The summed E-state index contributed by atoms with van der Waals surface area (Å²) in [5.74, 6) is 0.671. The SMILES string of the molecule is CC(C)C(CNC(=O)[C@@H](N)C(C)C)N1CCN(C)CC1.Cl. The van der Waals surface area contributed by atoms with Gasteiger partial charge in [-0.25, -0.2) is 0 Å². The van der Waals surface area contributed by atoms with E-state index >= 15 is 0 Å². The molecule has 0 aromatic carbocycles. The minimum atomic E-state index is -0.407. The Kier molecular flexibility index (Phi) is 9.45. The van der Waals surface area contributed by atoms with Gasteiger partial charge in [-0.3, -0.25) is 9.69 Å². The molecule has 0 aliphatic carbocycles. The maximum Gasteiger partial charge on any atom is 0.237 e. The van der Waals surface area contributed by atoms with Crippen LogP contribution < -0.4 is 11.1 Å². The zero-order valence-electron chi connectivity index (χ0n) is 14.1. The largest absolute Gasteiger partial charge is 0.353 e. The van der Waals surface area contributed by atoms with Crippen LogP contribution in [0.1, 0.15) is 27.7 Å². The van der Waals surface area contributed by atoms with Crippen molar-refractivity contribution in [2.45, 2.75) is 39.8 Å². The van der Waals surface area contributed by atoms with Crippen molar-refractivity contribution in [3.8, 4) is 0 Å². The van der Waals surface area contributed by atoms with Gasteiger partial charge >= 0.3 is 0 Å². The summed E-state index contributed by atoms with van der Waals surface area (Å²) < 4.78 is 0. The van der Waals surface area contributed by atoms with E-state index in [4.69, 9.17) is 5.73 Å². The van der Waals surface area contributed by atoms with Gasteiger partial charge in [0.15, 0.2) is 0 Å². The third-order valence-electron chi connectivity index (χ3n) is 4.28. The van der Waals surface area contributed by atoms with Crippen molar-refractivity contribution in [3.63, 3.8) is 0 Å². The summed E-state index contributed by atoms with van der Waals surface area (Å²) in [6.45, 7) is 13.4. The number of nitrogens with one attached hydrogen (secondary N) is 1. The van der Waals surface area contributed by atoms with Gasteiger partial charge in [-0.1, -0.05) is 27.7 Å². The van der Waals surface area contributed by atoms with Gasteiger partial charge in [0.05, 0.1) is 6.04 Å². The van der Waals surface area contributed by atoms with Crippen LogP contribution in [-0.4, -0.2) is 67.6 Å². The molecule has 0 saturated carbocycles. The van der Waals surface area contributed by atoms with Crippen LogP contribution in [0.15, 0.2) is 0 Å². The third kappa shape index (κ3) is 6.51. The molecular weight excluding hydrogens is 288 g/mol. The second kappa shape index (κ2) is 9.62. The summed E-state index contributed by atoms with van der Waals surface area (Å²) in [6.07, 6.45) is 0. The monoisotopic (exact) mass is 320 g/mol. The van der Waals surface area contributed by atoms with Gasteiger partial charge in [0, 0.05) is 38.8 Å². The van der Waals surface area contributed by atoms with Crippen molar-refractivity contribution in [2.75, 3.05) is 39.8 Å². The highest BCUT2D eigenvalue weighted by molar-refractivity contribution is 5.85. The first-order chi connectivity index (χ1) is 9.32. The zero-order chi connectivity index (χ0) is 15.3. The molecule has 126 valence electrons. The van der Waals surface area contributed by atoms with E-state index in [-0.39, 0.29) is 24.2 Å². The van der Waals surface area contributed by atoms with E-state index in [9.17, 15) is 4.79 Å². The van der Waals surface area contributed by atoms with E-state index in [2.05, 4.69) is 36.0 Å². The fraction of sp³-hybridized carbons (Fsp3) is 0.933. The first-order valence-corrected chi connectivity index (χ1v) is 7.78. The van der Waals surface area contributed by atoms with Crippen molar-refractivity contribution in [1.29, 1.82) is 0 Å². The molecule has 0 bridgehead atoms. The minimum Gasteiger partial charge on any atom is -0.353 e. The standard InChI is InChI=1S/C15H32N4O.ClH/c1-11(2)13(19-8-6-18(5)7-9-19)10-17-15(20)14(16)12(3)4;/h11-14H,6-10,16H2,1-5H3,(H,17,20);1H/t13?,14-;/m0./s1. The number of hydrogen-bond donors (Lipinski definition) is 2. The highest BCUT2D eigenvalue weighted by Gasteiger charge is 2.26. The number of hydrogen-bond acceptors (Lipinski definition) is 4. The number of nitrogens with zero attached hydrogens (tertiary/aromatic N) is 2. The molecule has 0 spiro atoms. The van der Waals surface area contributed by atoms with Gasteiger partial charge in [-0.15, -0.1) is 12.4 Å². The van der Waals surface area contributed by atoms with Gasteiger partial charge in [-0.05, 0) is 18.9 Å². The summed E-state index contributed by atoms with van der Waals surface area (Å²) in [4.78, 5) is 16.8. The molecule has 1 heterocycles. The van der Waals surface area contributed by atoms with Crippen LogP contribution >= 0.6 is 12.4 Å². The Bertz CT molecular complexity index is 304. The van der Waals surface area contributed by atoms with Crippen LogP contribution in [0.3, 0.4) is 0 Å². The molecule has 1 saturated heterocycles. The van der Waals surface area contributed by atoms with Crippen LogP contribution in [-0.2, 0) is 4.79 Å². The number of nitrogens with two attached hydrogens (primary N) is 1. The van der Waals surface area contributed by atoms with Gasteiger partial charge in [0.2, 0.25) is 5.91 Å². The molecular formula is C15H33ClN4O. The normalized spacial score (nSPS) is 20.2. The van der Waals surface area contributed by atoms with Crippen molar-refractivity contribution < 1.29 is 4.79 Å². The molecule has 5 nitrogen and oxygen atoms in total. The van der Waals surface area contributed by atoms with Crippen LogP contribution in [0.25, 0.3) is 0 Å². The Balaban J connectivity index is 0.00000400. The predicted octanol–water partition coefficient (Wildman–Crippen LogP) is 0.780. The highest BCUT2D eigenvalue weighted by Crippen LogP contribution is 2.13. The average Bonchev–Trinajstić information content (AvgIpc) is 2.39. The number of carbonyl (C=O) groups excluding carboxylic acids is 1. The highest BCUT2D eigenvalue weighted by atomic mass is 35.5. The lowest BCUT2D eigenvalue weighted by molar-refractivity contribution is -0.123. The van der Waals surface area contributed by atoms with Crippen molar-refractivity contribution in [2.24, 2.45) is 17.6 Å². The van der Waals surface area contributed by atoms with Gasteiger partial charge in [-0.2, -0.15) is 0 Å². The van der Waals surface area contributed by atoms with E-state index < -0.39 is 6.04 Å². The second-order valence-corrected chi connectivity index (χ2v) is 6.67. The van der Waals surface area contributed by atoms with Crippen molar-refractivity contribution in [3.05, 3.63) is 0 Å². The summed E-state index contributed by atoms with van der Waals surface area (Å²) >= 11 is 0. The van der Waals surface area contributed by atoms with Crippen LogP contribution in [0.2, 0.25) is 0 Å². The molecule has 0 radical (unpaired) electrons. The number of amides is 1. The molecule has 3 N–H and O–H groups in total.